The predicted octanol–water partition coefficient (Wildman–Crippen LogP) is 3.61. The summed E-state index contributed by atoms with van der Waals surface area (Å²) in [6, 6.07) is 8.13. The topological polar surface area (TPSA) is 21.3 Å². The smallest absolute Gasteiger partial charge is 0.120 e. The Morgan fingerprint density at radius 1 is 1.35 bits per heavy atom. The summed E-state index contributed by atoms with van der Waals surface area (Å²) in [4.78, 5) is 0. The van der Waals surface area contributed by atoms with Crippen LogP contribution >= 0.6 is 15.9 Å². The summed E-state index contributed by atoms with van der Waals surface area (Å²) in [5.74, 6) is 1.63. The second-order valence-corrected chi connectivity index (χ2v) is 5.63. The fourth-order valence-electron chi connectivity index (χ4n) is 2.54. The van der Waals surface area contributed by atoms with Gasteiger partial charge in [0.25, 0.3) is 0 Å². The maximum Gasteiger partial charge on any atom is 0.120 e. The van der Waals surface area contributed by atoms with Crippen LogP contribution in [0.5, 0.6) is 5.75 Å². The highest BCUT2D eigenvalue weighted by Crippen LogP contribution is 2.29. The predicted molar refractivity (Wildman–Crippen MR) is 74.4 cm³/mol. The van der Waals surface area contributed by atoms with Crippen molar-refractivity contribution in [3.05, 3.63) is 28.7 Å². The molecule has 0 bridgehead atoms. The molecule has 0 spiro atoms. The fourth-order valence-corrected chi connectivity index (χ4v) is 2.92. The quantitative estimate of drug-likeness (QED) is 0.917. The van der Waals surface area contributed by atoms with Crippen molar-refractivity contribution in [1.29, 1.82) is 0 Å². The van der Waals surface area contributed by atoms with Crippen molar-refractivity contribution >= 4 is 15.9 Å². The van der Waals surface area contributed by atoms with Crippen LogP contribution in [0.2, 0.25) is 0 Å². The highest BCUT2D eigenvalue weighted by atomic mass is 79.9. The van der Waals surface area contributed by atoms with Crippen LogP contribution in [-0.4, -0.2) is 19.7 Å². The molecule has 1 aliphatic carbocycles. The number of nitrogens with one attached hydrogen (secondary N) is 1. The molecule has 2 nitrogen and oxygen atoms in total. The zero-order valence-corrected chi connectivity index (χ0v) is 11.9. The summed E-state index contributed by atoms with van der Waals surface area (Å²) in [6.07, 6.45) is 5.45. The maximum absolute atomic E-state index is 6.13. The van der Waals surface area contributed by atoms with Crippen LogP contribution in [0.25, 0.3) is 0 Å². The third-order valence-electron chi connectivity index (χ3n) is 3.39. The average Bonchev–Trinajstić information content (AvgIpc) is 2.32. The Morgan fingerprint density at radius 3 is 2.94 bits per heavy atom. The lowest BCUT2D eigenvalue weighted by Gasteiger charge is -2.31. The zero-order chi connectivity index (χ0) is 12.1. The Morgan fingerprint density at radius 2 is 2.18 bits per heavy atom. The number of benzene rings is 1. The van der Waals surface area contributed by atoms with Gasteiger partial charge in [0.15, 0.2) is 0 Å². The largest absolute Gasteiger partial charge is 0.490 e. The Hall–Kier alpha value is -0.540. The molecule has 0 saturated heterocycles. The fraction of sp³-hybridized carbons (Fsp3) is 0.571. The molecule has 17 heavy (non-hydrogen) atoms. The molecule has 1 saturated carbocycles. The Kier molecular flexibility index (Phi) is 4.86. The molecular weight excluding hydrogens is 278 g/mol. The normalized spacial score (nSPS) is 24.6. The van der Waals surface area contributed by atoms with Crippen molar-refractivity contribution in [2.75, 3.05) is 13.6 Å². The molecule has 0 heterocycles. The van der Waals surface area contributed by atoms with E-state index >= 15 is 0 Å². The van der Waals surface area contributed by atoms with Crippen molar-refractivity contribution in [2.24, 2.45) is 5.92 Å². The van der Waals surface area contributed by atoms with Crippen molar-refractivity contribution in [3.8, 4) is 5.75 Å². The minimum Gasteiger partial charge on any atom is -0.490 e. The molecule has 1 fully saturated rings. The van der Waals surface area contributed by atoms with Gasteiger partial charge >= 0.3 is 0 Å². The molecule has 2 atom stereocenters. The average molecular weight is 298 g/mol. The van der Waals surface area contributed by atoms with Gasteiger partial charge < -0.3 is 10.1 Å². The molecule has 2 rings (SSSR count). The lowest BCUT2D eigenvalue weighted by molar-refractivity contribution is 0.0930. The van der Waals surface area contributed by atoms with Gasteiger partial charge in [-0.1, -0.05) is 28.4 Å². The van der Waals surface area contributed by atoms with Crippen molar-refractivity contribution in [1.82, 2.24) is 5.32 Å². The molecule has 1 aromatic carbocycles. The Labute approximate surface area is 112 Å². The van der Waals surface area contributed by atoms with Gasteiger partial charge in [0.2, 0.25) is 0 Å². The summed E-state index contributed by atoms with van der Waals surface area (Å²) >= 11 is 3.48. The summed E-state index contributed by atoms with van der Waals surface area (Å²) in [6.45, 7) is 1.05. The first-order valence-electron chi connectivity index (χ1n) is 6.36. The third kappa shape index (κ3) is 3.71. The van der Waals surface area contributed by atoms with E-state index in [4.69, 9.17) is 4.74 Å². The first-order valence-corrected chi connectivity index (χ1v) is 7.15. The molecule has 1 N–H and O–H groups in total. The summed E-state index contributed by atoms with van der Waals surface area (Å²) in [5.41, 5.74) is 0. The van der Waals surface area contributed by atoms with E-state index in [9.17, 15) is 0 Å². The van der Waals surface area contributed by atoms with Gasteiger partial charge in [0.05, 0.1) is 0 Å². The first-order chi connectivity index (χ1) is 8.29. The third-order valence-corrected chi connectivity index (χ3v) is 3.88. The molecule has 2 unspecified atom stereocenters. The van der Waals surface area contributed by atoms with Crippen LogP contribution in [0, 0.1) is 5.92 Å². The van der Waals surface area contributed by atoms with E-state index in [1.165, 1.54) is 25.7 Å². The van der Waals surface area contributed by atoms with Crippen molar-refractivity contribution in [3.63, 3.8) is 0 Å². The van der Waals surface area contributed by atoms with E-state index in [0.717, 1.165) is 16.8 Å². The number of rotatable bonds is 4. The van der Waals surface area contributed by atoms with Crippen LogP contribution in [0.15, 0.2) is 28.7 Å². The van der Waals surface area contributed by atoms with Crippen LogP contribution in [0.1, 0.15) is 25.7 Å². The number of ether oxygens (including phenoxy) is 1. The van der Waals surface area contributed by atoms with Crippen molar-refractivity contribution in [2.45, 2.75) is 31.8 Å². The minimum atomic E-state index is 0.366. The molecule has 1 aromatic rings. The molecule has 1 aliphatic rings. The maximum atomic E-state index is 6.13. The number of hydrogen-bond acceptors (Lipinski definition) is 2. The van der Waals surface area contributed by atoms with Crippen LogP contribution in [0.4, 0.5) is 0 Å². The summed E-state index contributed by atoms with van der Waals surface area (Å²) < 4.78 is 7.21. The molecule has 0 radical (unpaired) electrons. The van der Waals surface area contributed by atoms with E-state index < -0.39 is 0 Å². The Balaban J connectivity index is 2.00. The summed E-state index contributed by atoms with van der Waals surface area (Å²) in [5, 5.41) is 3.28. The Bertz CT molecular complexity index is 354. The van der Waals surface area contributed by atoms with Crippen molar-refractivity contribution < 1.29 is 4.74 Å². The molecule has 0 aromatic heterocycles. The lowest BCUT2D eigenvalue weighted by atomic mass is 9.86. The van der Waals surface area contributed by atoms with E-state index in [2.05, 4.69) is 21.2 Å². The first kappa shape index (κ1) is 12.9. The molecule has 0 amide bonds. The molecular formula is C14H20BrNO. The number of halogens is 1. The van der Waals surface area contributed by atoms with Gasteiger partial charge in [-0.15, -0.1) is 0 Å². The minimum absolute atomic E-state index is 0.366. The van der Waals surface area contributed by atoms with Gasteiger partial charge in [0.1, 0.15) is 11.9 Å². The van der Waals surface area contributed by atoms with Gasteiger partial charge in [-0.2, -0.15) is 0 Å². The van der Waals surface area contributed by atoms with E-state index in [-0.39, 0.29) is 0 Å². The van der Waals surface area contributed by atoms with Gasteiger partial charge in [0, 0.05) is 16.9 Å². The van der Waals surface area contributed by atoms with Crippen LogP contribution in [0.3, 0.4) is 0 Å². The molecule has 0 aliphatic heterocycles. The standard InChI is InChI=1S/C14H20BrNO/c1-16-10-11-5-2-3-8-14(11)17-13-7-4-6-12(15)9-13/h4,6-7,9,11,14,16H,2-3,5,8,10H2,1H3. The van der Waals surface area contributed by atoms with Gasteiger partial charge in [-0.3, -0.25) is 0 Å². The van der Waals surface area contributed by atoms with E-state index in [1.54, 1.807) is 0 Å². The SMILES string of the molecule is CNCC1CCCCC1Oc1cccc(Br)c1. The van der Waals surface area contributed by atoms with Crippen LogP contribution in [-0.2, 0) is 0 Å². The molecule has 94 valence electrons. The van der Waals surface area contributed by atoms with Gasteiger partial charge in [-0.05, 0) is 44.5 Å². The molecule has 3 heteroatoms. The van der Waals surface area contributed by atoms with E-state index in [1.807, 2.05) is 31.3 Å². The zero-order valence-electron chi connectivity index (χ0n) is 10.3. The second-order valence-electron chi connectivity index (χ2n) is 4.72. The lowest BCUT2D eigenvalue weighted by Crippen LogP contribution is -2.36. The van der Waals surface area contributed by atoms with E-state index in [0.29, 0.717) is 12.0 Å². The number of hydrogen-bond donors (Lipinski definition) is 1. The summed E-state index contributed by atoms with van der Waals surface area (Å²) in [7, 11) is 2.02. The highest BCUT2D eigenvalue weighted by molar-refractivity contribution is 9.10. The van der Waals surface area contributed by atoms with Gasteiger partial charge in [-0.25, -0.2) is 0 Å². The second kappa shape index (κ2) is 6.41. The monoisotopic (exact) mass is 297 g/mol. The highest BCUT2D eigenvalue weighted by Gasteiger charge is 2.26. The van der Waals surface area contributed by atoms with Crippen LogP contribution < -0.4 is 10.1 Å².